The highest BCUT2D eigenvalue weighted by atomic mass is 16.5. The summed E-state index contributed by atoms with van der Waals surface area (Å²) in [7, 11) is 5.68. The monoisotopic (exact) mass is 772 g/mol. The Labute approximate surface area is 324 Å². The fourth-order valence-corrected chi connectivity index (χ4v) is 6.57. The van der Waals surface area contributed by atoms with Gasteiger partial charge in [0.1, 0.15) is 53.9 Å². The molecule has 6 bridgehead atoms. The van der Waals surface area contributed by atoms with Crippen LogP contribution in [0.4, 0.5) is 0 Å². The van der Waals surface area contributed by atoms with Crippen LogP contribution in [-0.4, -0.2) is 115 Å². The summed E-state index contributed by atoms with van der Waals surface area (Å²) in [5.74, 6) is -2.68. The maximum atomic E-state index is 14.7. The van der Waals surface area contributed by atoms with Crippen LogP contribution in [-0.2, 0) is 41.6 Å². The normalized spacial score (nSPS) is 25.5. The van der Waals surface area contributed by atoms with Gasteiger partial charge in [-0.15, -0.1) is 0 Å². The number of carbonyl (C=O) groups is 6. The molecule has 0 radical (unpaired) electrons. The standard InChI is InChI=1S/C40H48N6O10/c1-21-35(48)41-22(2)36(49)44-29(18-24-8-13-27(54-6)14-9-24)37(50)43-23(3)39(52)46(5)33-34(47)26-11-15-28(16-12-26)56-32-20-25(10-17-31(32)55-7)19-30(38(51)42-21)45(4)40(33)53/h8-17,20-23,29-30,33-34,47H,18-19H2,1-7H3,(H,41,48)(H,42,51)(H,43,50)(H,44,49)/t21-,22+,23+,29+,30+,33+,34-/m1/s1. The van der Waals surface area contributed by atoms with Crippen LogP contribution >= 0.6 is 0 Å². The van der Waals surface area contributed by atoms with Crippen LogP contribution in [0.25, 0.3) is 0 Å². The minimum absolute atomic E-state index is 0.00680. The molecule has 7 atom stereocenters. The first kappa shape index (κ1) is 41.0. The maximum Gasteiger partial charge on any atom is 0.248 e. The number of nitrogens with one attached hydrogen (secondary N) is 4. The first-order valence-electron chi connectivity index (χ1n) is 18.1. The number of aliphatic hydroxyl groups is 1. The van der Waals surface area contributed by atoms with Crippen LogP contribution < -0.4 is 35.5 Å². The third-order valence-electron chi connectivity index (χ3n) is 10.0. The zero-order valence-corrected chi connectivity index (χ0v) is 32.3. The van der Waals surface area contributed by atoms with Gasteiger partial charge in [0.15, 0.2) is 11.5 Å². The Morgan fingerprint density at radius 2 is 1.30 bits per heavy atom. The highest BCUT2D eigenvalue weighted by molar-refractivity contribution is 5.98. The summed E-state index contributed by atoms with van der Waals surface area (Å²) in [4.78, 5) is 85.8. The summed E-state index contributed by atoms with van der Waals surface area (Å²) in [6.45, 7) is 4.26. The molecule has 1 fully saturated rings. The van der Waals surface area contributed by atoms with Gasteiger partial charge in [-0.05, 0) is 73.9 Å². The Bertz CT molecular complexity index is 1960. The molecule has 6 rings (SSSR count). The van der Waals surface area contributed by atoms with Gasteiger partial charge in [-0.25, -0.2) is 0 Å². The van der Waals surface area contributed by atoms with E-state index in [1.54, 1.807) is 66.7 Å². The van der Waals surface area contributed by atoms with Crippen LogP contribution in [0.3, 0.4) is 0 Å². The molecule has 3 aliphatic rings. The summed E-state index contributed by atoms with van der Waals surface area (Å²) in [5.41, 5.74) is 1.47. The van der Waals surface area contributed by atoms with Crippen molar-refractivity contribution in [1.29, 1.82) is 0 Å². The number of nitrogens with zero attached hydrogens (tertiary/aromatic N) is 2. The highest BCUT2D eigenvalue weighted by Gasteiger charge is 2.42. The zero-order valence-electron chi connectivity index (χ0n) is 32.3. The number of aliphatic hydroxyl groups excluding tert-OH is 1. The Balaban J connectivity index is 1.58. The predicted molar refractivity (Wildman–Crippen MR) is 203 cm³/mol. The summed E-state index contributed by atoms with van der Waals surface area (Å²) < 4.78 is 16.8. The van der Waals surface area contributed by atoms with Crippen molar-refractivity contribution in [3.05, 3.63) is 83.4 Å². The highest BCUT2D eigenvalue weighted by Crippen LogP contribution is 2.35. The molecule has 3 aliphatic heterocycles. The lowest BCUT2D eigenvalue weighted by atomic mass is 9.96. The van der Waals surface area contributed by atoms with Gasteiger partial charge in [-0.2, -0.15) is 0 Å². The fraction of sp³-hybridized carbons (Fsp3) is 0.400. The average molecular weight is 773 g/mol. The smallest absolute Gasteiger partial charge is 0.248 e. The Hall–Kier alpha value is -6.16. The van der Waals surface area contributed by atoms with Gasteiger partial charge in [0.2, 0.25) is 35.4 Å². The summed E-state index contributed by atoms with van der Waals surface area (Å²) in [5, 5.41) is 22.4. The molecule has 0 saturated carbocycles. The van der Waals surface area contributed by atoms with Crippen LogP contribution in [0.1, 0.15) is 43.6 Å². The number of rotatable bonds is 4. The van der Waals surface area contributed by atoms with Crippen molar-refractivity contribution in [2.45, 2.75) is 76.0 Å². The van der Waals surface area contributed by atoms with Crippen LogP contribution in [0.15, 0.2) is 66.7 Å². The maximum absolute atomic E-state index is 14.7. The van der Waals surface area contributed by atoms with Crippen molar-refractivity contribution >= 4 is 35.4 Å². The lowest BCUT2D eigenvalue weighted by molar-refractivity contribution is -0.153. The third-order valence-corrected chi connectivity index (χ3v) is 10.0. The lowest BCUT2D eigenvalue weighted by Crippen LogP contribution is -2.62. The Morgan fingerprint density at radius 3 is 1.93 bits per heavy atom. The Morgan fingerprint density at radius 1 is 0.696 bits per heavy atom. The minimum atomic E-state index is -1.62. The number of ether oxygens (including phenoxy) is 3. The minimum Gasteiger partial charge on any atom is -0.497 e. The molecule has 16 heteroatoms. The zero-order chi connectivity index (χ0) is 40.8. The number of hydrogen-bond donors (Lipinski definition) is 5. The first-order chi connectivity index (χ1) is 26.6. The van der Waals surface area contributed by atoms with Gasteiger partial charge in [0.05, 0.1) is 14.2 Å². The van der Waals surface area contributed by atoms with Crippen LogP contribution in [0.2, 0.25) is 0 Å². The summed E-state index contributed by atoms with van der Waals surface area (Å²) in [6, 6.07) is 10.4. The second kappa shape index (κ2) is 17.5. The molecule has 16 nitrogen and oxygen atoms in total. The number of fused-ring (bicyclic) bond motifs is 2. The van der Waals surface area contributed by atoms with Crippen LogP contribution in [0.5, 0.6) is 23.0 Å². The van der Waals surface area contributed by atoms with E-state index in [2.05, 4.69) is 21.3 Å². The van der Waals surface area contributed by atoms with E-state index in [0.29, 0.717) is 34.1 Å². The van der Waals surface area contributed by atoms with Gasteiger partial charge in [0, 0.05) is 26.9 Å². The largest absolute Gasteiger partial charge is 0.497 e. The second-order valence-electron chi connectivity index (χ2n) is 14.0. The number of likely N-dealkylation sites (N-methyl/N-ethyl adjacent to an activating group) is 2. The fourth-order valence-electron chi connectivity index (χ4n) is 6.57. The molecule has 3 heterocycles. The second-order valence-corrected chi connectivity index (χ2v) is 14.0. The number of amides is 6. The molecule has 3 aromatic rings. The Kier molecular flexibility index (Phi) is 12.8. The molecule has 1 saturated heterocycles. The molecule has 56 heavy (non-hydrogen) atoms. The summed E-state index contributed by atoms with van der Waals surface area (Å²) >= 11 is 0. The number of methoxy groups -OCH3 is 2. The van der Waals surface area contributed by atoms with E-state index in [4.69, 9.17) is 14.2 Å². The van der Waals surface area contributed by atoms with Crippen molar-refractivity contribution < 1.29 is 48.1 Å². The molecule has 3 aromatic carbocycles. The van der Waals surface area contributed by atoms with E-state index in [0.717, 1.165) is 9.80 Å². The van der Waals surface area contributed by atoms with Gasteiger partial charge in [-0.3, -0.25) is 28.8 Å². The number of carbonyl (C=O) groups excluding carboxylic acids is 6. The van der Waals surface area contributed by atoms with E-state index in [9.17, 15) is 33.9 Å². The van der Waals surface area contributed by atoms with E-state index < -0.39 is 77.8 Å². The molecule has 0 aliphatic carbocycles. The molecular formula is C40H48N6O10. The average Bonchev–Trinajstić information content (AvgIpc) is 3.18. The third kappa shape index (κ3) is 9.20. The van der Waals surface area contributed by atoms with Gasteiger partial charge < -0.3 is 50.4 Å². The molecule has 5 N–H and O–H groups in total. The van der Waals surface area contributed by atoms with E-state index in [1.165, 1.54) is 49.1 Å². The summed E-state index contributed by atoms with van der Waals surface area (Å²) in [6.07, 6.45) is -1.69. The number of benzene rings is 3. The first-order valence-corrected chi connectivity index (χ1v) is 18.1. The van der Waals surface area contributed by atoms with Crippen molar-refractivity contribution in [3.63, 3.8) is 0 Å². The molecule has 0 unspecified atom stereocenters. The predicted octanol–water partition coefficient (Wildman–Crippen LogP) is 0.995. The van der Waals surface area contributed by atoms with Crippen molar-refractivity contribution in [2.24, 2.45) is 0 Å². The van der Waals surface area contributed by atoms with E-state index in [-0.39, 0.29) is 18.4 Å². The topological polar surface area (TPSA) is 205 Å². The van der Waals surface area contributed by atoms with Gasteiger partial charge in [0.25, 0.3) is 0 Å². The molecule has 0 aromatic heterocycles. The SMILES string of the molecule is COc1ccc(C[C@@H]2NC(=O)[C@H](C)NC(=O)[C@@H](C)NC(=O)[C@@H]3Cc4ccc(OC)c(c4)Oc4ccc(cc4)[C@@H](O)[C@@H](C(=O)N3C)N(C)C(=O)[C@H](C)NC2=O)cc1. The molecule has 6 amide bonds. The van der Waals surface area contributed by atoms with E-state index >= 15 is 0 Å². The number of hydrogen-bond acceptors (Lipinski definition) is 10. The molecule has 0 spiro atoms. The lowest BCUT2D eigenvalue weighted by Gasteiger charge is -2.38. The van der Waals surface area contributed by atoms with Gasteiger partial charge in [-0.1, -0.05) is 30.3 Å². The van der Waals surface area contributed by atoms with E-state index in [1.807, 2.05) is 0 Å². The van der Waals surface area contributed by atoms with Gasteiger partial charge >= 0.3 is 0 Å². The van der Waals surface area contributed by atoms with Crippen molar-refractivity contribution in [2.75, 3.05) is 28.3 Å². The van der Waals surface area contributed by atoms with Crippen molar-refractivity contribution in [3.8, 4) is 23.0 Å². The van der Waals surface area contributed by atoms with Crippen molar-refractivity contribution in [1.82, 2.24) is 31.1 Å². The molecular weight excluding hydrogens is 724 g/mol. The molecule has 298 valence electrons. The quantitative estimate of drug-likeness (QED) is 0.255. The van der Waals surface area contributed by atoms with Crippen LogP contribution in [0, 0.1) is 0 Å².